The van der Waals surface area contributed by atoms with Gasteiger partial charge in [0.15, 0.2) is 0 Å². The zero-order chi connectivity index (χ0) is 11.5. The summed E-state index contributed by atoms with van der Waals surface area (Å²) in [5.41, 5.74) is 0.753. The van der Waals surface area contributed by atoms with Crippen molar-refractivity contribution in [3.05, 3.63) is 52.3 Å². The van der Waals surface area contributed by atoms with Gasteiger partial charge in [0.1, 0.15) is 11.5 Å². The largest absolute Gasteiger partial charge is 0.455 e. The van der Waals surface area contributed by atoms with E-state index >= 15 is 0 Å². The Morgan fingerprint density at radius 3 is 2.38 bits per heavy atom. The lowest BCUT2D eigenvalue weighted by atomic mass is 10.1. The molecule has 0 fully saturated rings. The van der Waals surface area contributed by atoms with Crippen LogP contribution in [0.2, 0.25) is 0 Å². The highest BCUT2D eigenvalue weighted by Gasteiger charge is 2.07. The minimum absolute atomic E-state index is 0.0317. The molecule has 0 atom stereocenters. The molecule has 79 valence electrons. The maximum atomic E-state index is 10.4. The Kier molecular flexibility index (Phi) is 2.51. The van der Waals surface area contributed by atoms with Crippen molar-refractivity contribution in [1.82, 2.24) is 5.41 Å². The van der Waals surface area contributed by atoms with Gasteiger partial charge in [-0.15, -0.1) is 0 Å². The Bertz CT molecular complexity index is 528. The standard InChI is InChI=1S/C11H7N2O3/c12-7-10-5-6-11(16-10)8-1-3-9(4-2-8)13(14)15/h1-7H. The third kappa shape index (κ3) is 1.83. The minimum Gasteiger partial charge on any atom is -0.455 e. The van der Waals surface area contributed by atoms with E-state index in [4.69, 9.17) is 9.83 Å². The lowest BCUT2D eigenvalue weighted by Gasteiger charge is -1.95. The number of rotatable bonds is 3. The molecule has 16 heavy (non-hydrogen) atoms. The summed E-state index contributed by atoms with van der Waals surface area (Å²) in [5, 5.41) is 19.1. The average Bonchev–Trinajstić information content (AvgIpc) is 2.77. The lowest BCUT2D eigenvalue weighted by molar-refractivity contribution is -0.384. The van der Waals surface area contributed by atoms with Crippen molar-refractivity contribution >= 4 is 11.9 Å². The zero-order valence-electron chi connectivity index (χ0n) is 8.16. The highest BCUT2D eigenvalue weighted by molar-refractivity contribution is 5.75. The van der Waals surface area contributed by atoms with Crippen LogP contribution in [0.4, 0.5) is 5.69 Å². The first-order chi connectivity index (χ1) is 7.70. The molecule has 5 heteroatoms. The molecule has 1 radical (unpaired) electrons. The molecule has 2 aromatic rings. The number of nitro groups is 1. The first-order valence-corrected chi connectivity index (χ1v) is 4.53. The Labute approximate surface area is 91.0 Å². The van der Waals surface area contributed by atoms with Gasteiger partial charge in [-0.2, -0.15) is 5.41 Å². The van der Waals surface area contributed by atoms with Crippen LogP contribution in [-0.4, -0.2) is 11.1 Å². The second-order valence-corrected chi connectivity index (χ2v) is 3.14. The highest BCUT2D eigenvalue weighted by atomic mass is 16.6. The molecule has 0 spiro atoms. The summed E-state index contributed by atoms with van der Waals surface area (Å²) in [4.78, 5) is 9.98. The van der Waals surface area contributed by atoms with Crippen LogP contribution in [0.15, 0.2) is 40.8 Å². The SMILES string of the molecule is [N]=Cc1ccc(-c2ccc([N+](=O)[O-])cc2)o1. The van der Waals surface area contributed by atoms with Crippen LogP contribution in [0.5, 0.6) is 0 Å². The highest BCUT2D eigenvalue weighted by Crippen LogP contribution is 2.23. The quantitative estimate of drug-likeness (QED) is 0.446. The fourth-order valence-electron chi connectivity index (χ4n) is 1.32. The molecule has 5 nitrogen and oxygen atoms in total. The number of benzene rings is 1. The predicted molar refractivity (Wildman–Crippen MR) is 58.1 cm³/mol. The van der Waals surface area contributed by atoms with Crippen LogP contribution in [0.25, 0.3) is 11.3 Å². The van der Waals surface area contributed by atoms with Gasteiger partial charge in [0.25, 0.3) is 5.69 Å². The van der Waals surface area contributed by atoms with E-state index in [9.17, 15) is 10.1 Å². The average molecular weight is 215 g/mol. The molecule has 0 N–H and O–H groups in total. The van der Waals surface area contributed by atoms with Crippen LogP contribution in [0.3, 0.4) is 0 Å². The van der Waals surface area contributed by atoms with Crippen molar-refractivity contribution in [3.8, 4) is 11.3 Å². The molecule has 0 saturated heterocycles. The van der Waals surface area contributed by atoms with Crippen molar-refractivity contribution in [2.75, 3.05) is 0 Å². The summed E-state index contributed by atoms with van der Waals surface area (Å²) >= 11 is 0. The van der Waals surface area contributed by atoms with Gasteiger partial charge in [0.2, 0.25) is 0 Å². The van der Waals surface area contributed by atoms with Crippen molar-refractivity contribution in [1.29, 1.82) is 0 Å². The maximum Gasteiger partial charge on any atom is 0.269 e. The van der Waals surface area contributed by atoms with E-state index < -0.39 is 4.92 Å². The van der Waals surface area contributed by atoms with Gasteiger partial charge in [-0.3, -0.25) is 10.1 Å². The number of hydrogen-bond donors (Lipinski definition) is 0. The van der Waals surface area contributed by atoms with Gasteiger partial charge in [0.05, 0.1) is 11.1 Å². The Morgan fingerprint density at radius 1 is 1.19 bits per heavy atom. The number of nitrogens with zero attached hydrogens (tertiary/aromatic N) is 2. The summed E-state index contributed by atoms with van der Waals surface area (Å²) in [6.45, 7) is 0. The molecular formula is C11H7N2O3. The van der Waals surface area contributed by atoms with E-state index in [0.717, 1.165) is 11.8 Å². The summed E-state index contributed by atoms with van der Waals surface area (Å²) in [6.07, 6.45) is 0.856. The molecule has 0 aliphatic heterocycles. The second-order valence-electron chi connectivity index (χ2n) is 3.14. The fourth-order valence-corrected chi connectivity index (χ4v) is 1.32. The van der Waals surface area contributed by atoms with Gasteiger partial charge in [-0.05, 0) is 24.3 Å². The van der Waals surface area contributed by atoms with Crippen LogP contribution < -0.4 is 5.41 Å². The predicted octanol–water partition coefficient (Wildman–Crippen LogP) is 2.07. The summed E-state index contributed by atoms with van der Waals surface area (Å²) in [7, 11) is 0. The van der Waals surface area contributed by atoms with E-state index in [-0.39, 0.29) is 5.69 Å². The van der Waals surface area contributed by atoms with Gasteiger partial charge >= 0.3 is 0 Å². The van der Waals surface area contributed by atoms with E-state index in [1.807, 2.05) is 0 Å². The maximum absolute atomic E-state index is 10.4. The van der Waals surface area contributed by atoms with Gasteiger partial charge in [-0.1, -0.05) is 0 Å². The first-order valence-electron chi connectivity index (χ1n) is 4.53. The number of hydrogen-bond acceptors (Lipinski definition) is 3. The molecule has 0 aliphatic carbocycles. The number of non-ortho nitro benzene ring substituents is 1. The lowest BCUT2D eigenvalue weighted by Crippen LogP contribution is -1.86. The van der Waals surface area contributed by atoms with Gasteiger partial charge in [0, 0.05) is 17.7 Å². The zero-order valence-corrected chi connectivity index (χ0v) is 8.16. The van der Waals surface area contributed by atoms with E-state index in [2.05, 4.69) is 0 Å². The monoisotopic (exact) mass is 215 g/mol. The molecule has 1 aromatic heterocycles. The van der Waals surface area contributed by atoms with Gasteiger partial charge < -0.3 is 4.42 Å². The van der Waals surface area contributed by atoms with E-state index in [0.29, 0.717) is 11.5 Å². The van der Waals surface area contributed by atoms with E-state index in [1.54, 1.807) is 24.3 Å². The number of nitro benzene ring substituents is 1. The molecule has 0 unspecified atom stereocenters. The molecule has 1 heterocycles. The first kappa shape index (κ1) is 10.1. The van der Waals surface area contributed by atoms with Crippen molar-refractivity contribution < 1.29 is 9.34 Å². The topological polar surface area (TPSA) is 78.6 Å². The molecular weight excluding hydrogens is 208 g/mol. The molecule has 0 amide bonds. The third-order valence-electron chi connectivity index (χ3n) is 2.12. The smallest absolute Gasteiger partial charge is 0.269 e. The molecule has 1 aromatic carbocycles. The Balaban J connectivity index is 2.34. The van der Waals surface area contributed by atoms with Crippen LogP contribution in [0.1, 0.15) is 5.76 Å². The van der Waals surface area contributed by atoms with Crippen molar-refractivity contribution in [2.45, 2.75) is 0 Å². The number of furan rings is 1. The summed E-state index contributed by atoms with van der Waals surface area (Å²) in [6, 6.07) is 9.29. The van der Waals surface area contributed by atoms with Crippen molar-refractivity contribution in [2.24, 2.45) is 0 Å². The molecule has 2 rings (SSSR count). The van der Waals surface area contributed by atoms with Crippen LogP contribution in [0, 0.1) is 10.1 Å². The third-order valence-corrected chi connectivity index (χ3v) is 2.12. The minimum atomic E-state index is -0.459. The second kappa shape index (κ2) is 3.98. The van der Waals surface area contributed by atoms with Gasteiger partial charge in [-0.25, -0.2) is 0 Å². The molecule has 0 aliphatic rings. The Hall–Kier alpha value is -2.43. The van der Waals surface area contributed by atoms with Crippen LogP contribution in [-0.2, 0) is 0 Å². The summed E-state index contributed by atoms with van der Waals surface area (Å²) < 4.78 is 5.24. The fraction of sp³-hybridized carbons (Fsp3) is 0. The summed E-state index contributed by atoms with van der Waals surface area (Å²) in [5.74, 6) is 0.892. The Morgan fingerprint density at radius 2 is 1.88 bits per heavy atom. The molecule has 0 saturated carbocycles. The van der Waals surface area contributed by atoms with Crippen molar-refractivity contribution in [3.63, 3.8) is 0 Å². The van der Waals surface area contributed by atoms with E-state index in [1.165, 1.54) is 12.1 Å². The molecule has 0 bridgehead atoms. The van der Waals surface area contributed by atoms with Crippen LogP contribution >= 0.6 is 0 Å². The normalized spacial score (nSPS) is 10.0.